The summed E-state index contributed by atoms with van der Waals surface area (Å²) >= 11 is 0. The molecule has 0 aromatic carbocycles. The van der Waals surface area contributed by atoms with Crippen molar-refractivity contribution in [2.45, 2.75) is 51.4 Å². The van der Waals surface area contributed by atoms with Gasteiger partial charge in [0, 0.05) is 21.2 Å². The largest absolute Gasteiger partial charge is 0.613 e. The number of carbonyl (C=O) groups excluding carboxylic acids is 1. The zero-order chi connectivity index (χ0) is 24.9. The summed E-state index contributed by atoms with van der Waals surface area (Å²) in [7, 11) is 2.16. The first-order chi connectivity index (χ1) is 15.5. The van der Waals surface area contributed by atoms with E-state index in [1.54, 1.807) is 32.8 Å². The van der Waals surface area contributed by atoms with E-state index in [-0.39, 0.29) is 17.7 Å². The molecule has 0 fully saturated rings. The molecule has 2 aromatic rings. The first-order valence-corrected chi connectivity index (χ1v) is 11.2. The summed E-state index contributed by atoms with van der Waals surface area (Å²) in [6.07, 6.45) is -4.15. The number of nitrogens with zero attached hydrogens (tertiary/aromatic N) is 5. The van der Waals surface area contributed by atoms with E-state index < -0.39 is 45.3 Å². The number of rotatable bonds is 12. The van der Waals surface area contributed by atoms with Gasteiger partial charge in [0.05, 0.1) is 12.4 Å². The van der Waals surface area contributed by atoms with Crippen LogP contribution in [0.25, 0.3) is 11.2 Å². The minimum absolute atomic E-state index is 0.0822. The number of nitrogens with two attached hydrogens (primary N) is 1. The number of anilines is 2. The normalized spacial score (nSPS) is 15.8. The zero-order valence-electron chi connectivity index (χ0n) is 19.3. The molecule has 0 aliphatic carbocycles. The van der Waals surface area contributed by atoms with Gasteiger partial charge in [-0.2, -0.15) is 9.97 Å². The lowest BCUT2D eigenvalue weighted by Gasteiger charge is -2.23. The number of nitrogens with one attached hydrogen (secondary N) is 1. The van der Waals surface area contributed by atoms with Gasteiger partial charge in [0.1, 0.15) is 24.9 Å². The number of nitrogen functional groups attached to an aromatic ring is 1. The van der Waals surface area contributed by atoms with Crippen LogP contribution in [0.2, 0.25) is 0 Å². The molecule has 2 aromatic heterocycles. The predicted octanol–water partition coefficient (Wildman–Crippen LogP) is 0.922. The van der Waals surface area contributed by atoms with Gasteiger partial charge in [0.2, 0.25) is 12.2 Å². The van der Waals surface area contributed by atoms with E-state index in [0.717, 1.165) is 10.9 Å². The monoisotopic (exact) mass is 490 g/mol. The number of fused-ring (bicyclic) bond motifs is 1. The number of carbonyl (C=O) groups is 1. The maximum absolute atomic E-state index is 15.2. The van der Waals surface area contributed by atoms with Crippen LogP contribution in [-0.2, 0) is 23.4 Å². The topological polar surface area (TPSA) is 167 Å². The Morgan fingerprint density at radius 3 is 2.61 bits per heavy atom. The third-order valence-corrected chi connectivity index (χ3v) is 5.42. The van der Waals surface area contributed by atoms with E-state index in [4.69, 9.17) is 19.7 Å². The Labute approximate surface area is 191 Å². The lowest BCUT2D eigenvalue weighted by molar-refractivity contribution is -0.149. The molecule has 4 N–H and O–H groups in total. The van der Waals surface area contributed by atoms with Gasteiger partial charge in [-0.05, 0) is 25.3 Å². The Balaban J connectivity index is 2.07. The van der Waals surface area contributed by atoms with Crippen molar-refractivity contribution in [3.8, 4) is 0 Å². The molecule has 0 aliphatic heterocycles. The van der Waals surface area contributed by atoms with E-state index in [2.05, 4.69) is 20.0 Å². The molecule has 0 amide bonds. The highest BCUT2D eigenvalue weighted by molar-refractivity contribution is 7.36. The fourth-order valence-electron chi connectivity index (χ4n) is 2.78. The first kappa shape index (κ1) is 26.7. The molecule has 15 heteroatoms. The van der Waals surface area contributed by atoms with Gasteiger partial charge < -0.3 is 25.2 Å². The lowest BCUT2D eigenvalue weighted by atomic mass is 10.2. The molecular formula is C18H30FN7O6P+. The van der Waals surface area contributed by atoms with Gasteiger partial charge in [0.15, 0.2) is 17.0 Å². The fraction of sp³-hybridized carbons (Fsp3) is 0.667. The van der Waals surface area contributed by atoms with Crippen molar-refractivity contribution in [2.24, 2.45) is 0 Å². The summed E-state index contributed by atoms with van der Waals surface area (Å²) in [6, 6.07) is -0.899. The molecule has 0 bridgehead atoms. The number of aliphatic hydroxyl groups excluding tert-OH is 1. The number of alkyl halides is 1. The van der Waals surface area contributed by atoms with Crippen LogP contribution < -0.4 is 15.7 Å². The van der Waals surface area contributed by atoms with E-state index in [1.807, 2.05) is 0 Å². The molecule has 2 heterocycles. The number of hydrogen-bond donors (Lipinski definition) is 3. The van der Waals surface area contributed by atoms with Crippen LogP contribution in [0.5, 0.6) is 0 Å². The second kappa shape index (κ2) is 11.6. The van der Waals surface area contributed by atoms with Crippen LogP contribution in [0.3, 0.4) is 0 Å². The standard InChI is InChI=1S/C18H30FN7O6P/c1-9(2)32-17(28)10(3)24-33(29)31-7-11(30-6)13(27)14(19)26-8-21-12-15(25(4)5)22-18(20)23-16(12)26/h8-11,13-14,27H,7H2,1-6H3,(H,24,29)(H2,20,22,23)/q+1/t10-,11+,13+,14-/m0/s1. The molecule has 0 aliphatic rings. The molecule has 0 spiro atoms. The van der Waals surface area contributed by atoms with Crippen molar-refractivity contribution in [3.63, 3.8) is 0 Å². The fourth-order valence-corrected chi connectivity index (χ4v) is 3.56. The molecular weight excluding hydrogens is 460 g/mol. The molecule has 0 saturated carbocycles. The lowest BCUT2D eigenvalue weighted by Crippen LogP contribution is -2.38. The van der Waals surface area contributed by atoms with Crippen LogP contribution in [0, 0.1) is 0 Å². The number of ether oxygens (including phenoxy) is 2. The van der Waals surface area contributed by atoms with Crippen LogP contribution in [0.1, 0.15) is 27.1 Å². The number of aromatic nitrogens is 4. The highest BCUT2D eigenvalue weighted by Gasteiger charge is 2.35. The average Bonchev–Trinajstić information content (AvgIpc) is 3.15. The van der Waals surface area contributed by atoms with Gasteiger partial charge in [-0.15, -0.1) is 4.52 Å². The van der Waals surface area contributed by atoms with Crippen molar-refractivity contribution < 1.29 is 32.9 Å². The van der Waals surface area contributed by atoms with E-state index in [1.165, 1.54) is 14.0 Å². The highest BCUT2D eigenvalue weighted by Crippen LogP contribution is 2.28. The third-order valence-electron chi connectivity index (χ3n) is 4.44. The summed E-state index contributed by atoms with van der Waals surface area (Å²) in [4.78, 5) is 25.7. The van der Waals surface area contributed by atoms with Crippen molar-refractivity contribution in [1.29, 1.82) is 0 Å². The zero-order valence-corrected chi connectivity index (χ0v) is 20.2. The summed E-state index contributed by atoms with van der Waals surface area (Å²) < 4.78 is 43.6. The molecule has 2 rings (SSSR count). The third kappa shape index (κ3) is 6.74. The molecule has 0 radical (unpaired) electrons. The molecule has 0 saturated heterocycles. The smallest absolute Gasteiger partial charge is 0.462 e. The van der Waals surface area contributed by atoms with E-state index in [0.29, 0.717) is 11.3 Å². The Kier molecular flexibility index (Phi) is 9.37. The van der Waals surface area contributed by atoms with Gasteiger partial charge in [-0.1, -0.05) is 5.09 Å². The average molecular weight is 490 g/mol. The Morgan fingerprint density at radius 1 is 1.36 bits per heavy atom. The van der Waals surface area contributed by atoms with Crippen molar-refractivity contribution in [1.82, 2.24) is 24.6 Å². The molecule has 5 atom stereocenters. The molecule has 13 nitrogen and oxygen atoms in total. The summed E-state index contributed by atoms with van der Waals surface area (Å²) in [5, 5.41) is 13.0. The maximum Gasteiger partial charge on any atom is 0.613 e. The van der Waals surface area contributed by atoms with Crippen LogP contribution in [0.15, 0.2) is 6.33 Å². The number of aliphatic hydroxyl groups is 1. The second-order valence-electron chi connectivity index (χ2n) is 7.65. The second-order valence-corrected chi connectivity index (χ2v) is 8.68. The van der Waals surface area contributed by atoms with Crippen molar-refractivity contribution >= 4 is 37.1 Å². The number of hydrogen-bond acceptors (Lipinski definition) is 11. The van der Waals surface area contributed by atoms with E-state index >= 15 is 4.39 Å². The van der Waals surface area contributed by atoms with E-state index in [9.17, 15) is 14.5 Å². The van der Waals surface area contributed by atoms with Crippen LogP contribution in [0.4, 0.5) is 16.2 Å². The van der Waals surface area contributed by atoms with Crippen LogP contribution >= 0.6 is 8.18 Å². The van der Waals surface area contributed by atoms with Gasteiger partial charge in [-0.3, -0.25) is 9.36 Å². The van der Waals surface area contributed by atoms with Crippen molar-refractivity contribution in [3.05, 3.63) is 6.33 Å². The quantitative estimate of drug-likeness (QED) is 0.285. The Hall–Kier alpha value is -2.51. The number of halogens is 1. The predicted molar refractivity (Wildman–Crippen MR) is 118 cm³/mol. The minimum atomic E-state index is -2.53. The Bertz CT molecular complexity index is 975. The number of imidazole rings is 1. The summed E-state index contributed by atoms with van der Waals surface area (Å²) in [5.41, 5.74) is 6.11. The molecule has 1 unspecified atom stereocenters. The van der Waals surface area contributed by atoms with Gasteiger partial charge >= 0.3 is 14.1 Å². The SMILES string of the molecule is CO[C@H](CO[P+](=O)N[C@@H](C)C(=O)OC(C)C)[C@@H](O)[C@@H](F)n1cnc2c(N(C)C)nc(N)nc21. The molecule has 33 heavy (non-hydrogen) atoms. The van der Waals surface area contributed by atoms with Gasteiger partial charge in [-0.25, -0.2) is 9.37 Å². The number of esters is 1. The van der Waals surface area contributed by atoms with Crippen molar-refractivity contribution in [2.75, 3.05) is 38.4 Å². The summed E-state index contributed by atoms with van der Waals surface area (Å²) in [5.74, 6) is -0.304. The Morgan fingerprint density at radius 2 is 2.03 bits per heavy atom. The minimum Gasteiger partial charge on any atom is -0.462 e. The highest BCUT2D eigenvalue weighted by atomic mass is 31.1. The summed E-state index contributed by atoms with van der Waals surface area (Å²) in [6.45, 7) is 4.40. The maximum atomic E-state index is 15.2. The van der Waals surface area contributed by atoms with Gasteiger partial charge in [0.25, 0.3) is 0 Å². The first-order valence-electron chi connectivity index (χ1n) is 10.0. The molecule has 184 valence electrons. The number of methoxy groups -OCH3 is 1. The van der Waals surface area contributed by atoms with Crippen LogP contribution in [-0.4, -0.2) is 82.8 Å².